The Bertz CT molecular complexity index is 701. The van der Waals surface area contributed by atoms with Gasteiger partial charge in [0.2, 0.25) is 0 Å². The molecule has 1 aromatic rings. The summed E-state index contributed by atoms with van der Waals surface area (Å²) in [6, 6.07) is 2.63. The van der Waals surface area contributed by atoms with Gasteiger partial charge in [0.15, 0.2) is 5.79 Å². The Morgan fingerprint density at radius 1 is 1.29 bits per heavy atom. The van der Waals surface area contributed by atoms with Gasteiger partial charge < -0.3 is 28.7 Å². The van der Waals surface area contributed by atoms with E-state index in [0.717, 1.165) is 25.1 Å². The van der Waals surface area contributed by atoms with Crippen molar-refractivity contribution in [2.75, 3.05) is 19.8 Å². The van der Waals surface area contributed by atoms with Crippen molar-refractivity contribution in [3.63, 3.8) is 0 Å². The van der Waals surface area contributed by atoms with Gasteiger partial charge in [0.05, 0.1) is 44.6 Å². The molecule has 3 atom stereocenters. The molecule has 0 bridgehead atoms. The molecule has 0 radical (unpaired) electrons. The fourth-order valence-corrected chi connectivity index (χ4v) is 4.88. The molecule has 0 aromatic carbocycles. The van der Waals surface area contributed by atoms with E-state index < -0.39 is 14.3 Å². The molecule has 11 nitrogen and oxygen atoms in total. The molecular formula is C22H42N5O6P. The first-order chi connectivity index (χ1) is 15.9. The van der Waals surface area contributed by atoms with Crippen LogP contribution in [-0.4, -0.2) is 79.8 Å². The van der Waals surface area contributed by atoms with E-state index in [0.29, 0.717) is 26.2 Å². The fraction of sp³-hybridized carbons (Fsp3) is 0.864. The first-order valence-electron chi connectivity index (χ1n) is 11.7. The summed E-state index contributed by atoms with van der Waals surface area (Å²) >= 11 is 0. The molecule has 0 aliphatic carbocycles. The first kappa shape index (κ1) is 30.8. The summed E-state index contributed by atoms with van der Waals surface area (Å²) < 4.78 is 28.1. The Labute approximate surface area is 204 Å². The smallest absolute Gasteiger partial charge is 0.259 e. The predicted molar refractivity (Wildman–Crippen MR) is 128 cm³/mol. The summed E-state index contributed by atoms with van der Waals surface area (Å²) in [5.41, 5.74) is 0.772. The molecule has 2 N–H and O–H groups in total. The largest absolute Gasteiger partial charge is 0.375 e. The van der Waals surface area contributed by atoms with Gasteiger partial charge in [0.25, 0.3) is 8.53 Å². The lowest BCUT2D eigenvalue weighted by Crippen LogP contribution is -2.36. The lowest BCUT2D eigenvalue weighted by Gasteiger charge is -2.36. The van der Waals surface area contributed by atoms with Gasteiger partial charge >= 0.3 is 0 Å². The van der Waals surface area contributed by atoms with Gasteiger partial charge in [0.1, 0.15) is 11.8 Å². The van der Waals surface area contributed by atoms with Crippen LogP contribution in [0, 0.1) is 11.3 Å². The third-order valence-corrected chi connectivity index (χ3v) is 6.56. The maximum absolute atomic E-state index is 8.85. The van der Waals surface area contributed by atoms with Crippen molar-refractivity contribution in [1.29, 1.82) is 5.26 Å². The van der Waals surface area contributed by atoms with Gasteiger partial charge in [-0.1, -0.05) is 5.21 Å². The van der Waals surface area contributed by atoms with Crippen LogP contribution >= 0.6 is 8.53 Å². The zero-order valence-corrected chi connectivity index (χ0v) is 22.4. The molecule has 0 amide bonds. The van der Waals surface area contributed by atoms with Crippen molar-refractivity contribution in [1.82, 2.24) is 19.7 Å². The van der Waals surface area contributed by atoms with Gasteiger partial charge in [-0.25, -0.2) is 4.67 Å². The zero-order valence-electron chi connectivity index (χ0n) is 21.5. The van der Waals surface area contributed by atoms with E-state index in [2.05, 4.69) is 48.7 Å². The number of hydrogen-bond donors (Lipinski definition) is 2. The molecule has 1 saturated heterocycles. The quantitative estimate of drug-likeness (QED) is 0.235. The van der Waals surface area contributed by atoms with Crippen LogP contribution in [0.3, 0.4) is 0 Å². The summed E-state index contributed by atoms with van der Waals surface area (Å²) in [5.74, 6) is -1.50. The number of nitriles is 1. The number of rotatable bonds is 13. The Hall–Kier alpha value is -1.22. The molecule has 1 aromatic heterocycles. The lowest BCUT2D eigenvalue weighted by atomic mass is 10.1. The monoisotopic (exact) mass is 503 g/mol. The average molecular weight is 504 g/mol. The van der Waals surface area contributed by atoms with Crippen molar-refractivity contribution >= 4 is 8.53 Å². The summed E-state index contributed by atoms with van der Waals surface area (Å²) in [4.78, 5) is 0. The van der Waals surface area contributed by atoms with Crippen molar-refractivity contribution in [2.24, 2.45) is 7.05 Å². The van der Waals surface area contributed by atoms with Gasteiger partial charge in [-0.05, 0) is 54.4 Å². The van der Waals surface area contributed by atoms with Gasteiger partial charge in [-0.15, -0.1) is 5.10 Å². The highest BCUT2D eigenvalue weighted by Gasteiger charge is 2.32. The Balaban J connectivity index is 0.00000104. The minimum Gasteiger partial charge on any atom is -0.375 e. The number of nitrogens with zero attached hydrogens (tertiary/aromatic N) is 5. The van der Waals surface area contributed by atoms with Crippen molar-refractivity contribution in [3.8, 4) is 6.07 Å². The van der Waals surface area contributed by atoms with Crippen molar-refractivity contribution in [2.45, 2.75) is 97.5 Å². The Kier molecular flexibility index (Phi) is 14.2. The van der Waals surface area contributed by atoms with E-state index in [4.69, 9.17) is 34.0 Å². The molecule has 2 rings (SSSR count). The normalized spacial score (nSPS) is 18.1. The predicted octanol–water partition coefficient (Wildman–Crippen LogP) is 2.88. The fourth-order valence-electron chi connectivity index (χ4n) is 3.26. The number of aryl methyl sites for hydroxylation is 1. The van der Waals surface area contributed by atoms with E-state index >= 15 is 0 Å². The highest BCUT2D eigenvalue weighted by atomic mass is 31.2. The number of ether oxygens (including phenoxy) is 2. The van der Waals surface area contributed by atoms with E-state index in [1.807, 2.05) is 13.2 Å². The molecule has 1 aliphatic rings. The molecule has 3 unspecified atom stereocenters. The van der Waals surface area contributed by atoms with Crippen LogP contribution in [-0.2, 0) is 32.2 Å². The molecule has 2 heterocycles. The minimum absolute atomic E-state index is 0.00539. The third-order valence-electron chi connectivity index (χ3n) is 4.49. The molecule has 0 spiro atoms. The van der Waals surface area contributed by atoms with Gasteiger partial charge in [-0.3, -0.25) is 4.68 Å². The standard InChI is InChI=1S/C19H34N5O4P.C3H8O2/c1-15(2)24(16(3)4)29(27-11-7-9-20)28-14-19(18-8-6-10-25-18)26-13-17-12-23(5)22-21-17;1-3(2,4)5/h12,15-16,18-19H,6-8,10-11,13-14H2,1-5H3;4-5H,1-2H3. The third kappa shape index (κ3) is 13.0. The summed E-state index contributed by atoms with van der Waals surface area (Å²) in [5, 5.41) is 33.0. The molecule has 1 fully saturated rings. The van der Waals surface area contributed by atoms with E-state index in [9.17, 15) is 0 Å². The second kappa shape index (κ2) is 15.7. The van der Waals surface area contributed by atoms with Crippen LogP contribution in [0.1, 0.15) is 66.5 Å². The van der Waals surface area contributed by atoms with E-state index in [-0.39, 0.29) is 24.3 Å². The highest BCUT2D eigenvalue weighted by Crippen LogP contribution is 2.46. The van der Waals surface area contributed by atoms with Gasteiger partial charge in [0, 0.05) is 25.7 Å². The van der Waals surface area contributed by atoms with Crippen molar-refractivity contribution in [3.05, 3.63) is 11.9 Å². The molecule has 196 valence electrons. The molecule has 34 heavy (non-hydrogen) atoms. The molecule has 12 heteroatoms. The van der Waals surface area contributed by atoms with Gasteiger partial charge in [-0.2, -0.15) is 5.26 Å². The maximum Gasteiger partial charge on any atom is 0.259 e. The lowest BCUT2D eigenvalue weighted by molar-refractivity contribution is -0.127. The molecular weight excluding hydrogens is 461 g/mol. The molecule has 1 aliphatic heterocycles. The van der Waals surface area contributed by atoms with Crippen molar-refractivity contribution < 1.29 is 28.7 Å². The number of aliphatic hydroxyl groups is 2. The second-order valence-corrected chi connectivity index (χ2v) is 10.6. The number of aromatic nitrogens is 3. The van der Waals surface area contributed by atoms with Crippen LogP contribution in [0.15, 0.2) is 6.20 Å². The maximum atomic E-state index is 8.85. The Morgan fingerprint density at radius 3 is 2.41 bits per heavy atom. The van der Waals surface area contributed by atoms with Crippen LogP contribution < -0.4 is 0 Å². The van der Waals surface area contributed by atoms with E-state index in [1.165, 1.54) is 13.8 Å². The highest BCUT2D eigenvalue weighted by molar-refractivity contribution is 7.44. The minimum atomic E-state index is -1.50. The summed E-state index contributed by atoms with van der Waals surface area (Å²) in [6.07, 6.45) is 3.92. The van der Waals surface area contributed by atoms with Crippen LogP contribution in [0.4, 0.5) is 0 Å². The SMILES string of the molecule is CC(C)(O)O.CC(C)N(C(C)C)P(OCCC#N)OCC(OCc1cn(C)nn1)C1CCCO1. The second-order valence-electron chi connectivity index (χ2n) is 9.12. The average Bonchev–Trinajstić information content (AvgIpc) is 3.38. The summed E-state index contributed by atoms with van der Waals surface area (Å²) in [7, 11) is 0.521. The topological polar surface area (TPSA) is 135 Å². The van der Waals surface area contributed by atoms with Crippen LogP contribution in [0.25, 0.3) is 0 Å². The molecule has 0 saturated carbocycles. The van der Waals surface area contributed by atoms with Crippen LogP contribution in [0.2, 0.25) is 0 Å². The zero-order chi connectivity index (χ0) is 25.7. The van der Waals surface area contributed by atoms with E-state index in [1.54, 1.807) is 4.68 Å². The van der Waals surface area contributed by atoms with Crippen LogP contribution in [0.5, 0.6) is 0 Å². The summed E-state index contributed by atoms with van der Waals surface area (Å²) in [6.45, 7) is 12.9. The first-order valence-corrected chi connectivity index (χ1v) is 12.8. The Morgan fingerprint density at radius 2 is 1.94 bits per heavy atom. The number of hydrogen-bond acceptors (Lipinski definition) is 10.